The highest BCUT2D eigenvalue weighted by molar-refractivity contribution is 5.87. The maximum absolute atomic E-state index is 12.4. The lowest BCUT2D eigenvalue weighted by atomic mass is 10.1. The van der Waals surface area contributed by atoms with Crippen LogP contribution in [0, 0.1) is 0 Å². The van der Waals surface area contributed by atoms with E-state index in [9.17, 15) is 9.59 Å². The molecule has 0 bridgehead atoms. The normalized spacial score (nSPS) is 11.8. The van der Waals surface area contributed by atoms with E-state index in [1.54, 1.807) is 11.8 Å². The summed E-state index contributed by atoms with van der Waals surface area (Å²) in [5.41, 5.74) is 1.03. The van der Waals surface area contributed by atoms with Crippen LogP contribution in [0.5, 0.6) is 0 Å². The number of nitrogens with one attached hydrogen (secondary N) is 1. The molecule has 0 aromatic heterocycles. The number of nitrogens with zero attached hydrogens (tertiary/aromatic N) is 1. The third kappa shape index (κ3) is 7.13. The van der Waals surface area contributed by atoms with E-state index in [0.29, 0.717) is 32.7 Å². The first-order valence-electron chi connectivity index (χ1n) is 8.79. The van der Waals surface area contributed by atoms with Gasteiger partial charge in [0, 0.05) is 32.7 Å². The number of benzene rings is 1. The quantitative estimate of drug-likeness (QED) is 0.633. The molecule has 24 heavy (non-hydrogen) atoms. The van der Waals surface area contributed by atoms with Gasteiger partial charge >= 0.3 is 0 Å². The van der Waals surface area contributed by atoms with Crippen molar-refractivity contribution in [3.05, 3.63) is 35.9 Å². The van der Waals surface area contributed by atoms with Gasteiger partial charge in [0.1, 0.15) is 6.04 Å². The number of ether oxygens (including phenoxy) is 1. The average Bonchev–Trinajstić information content (AvgIpc) is 2.59. The van der Waals surface area contributed by atoms with Crippen molar-refractivity contribution >= 4 is 11.8 Å². The Hall–Kier alpha value is -1.88. The molecule has 0 aliphatic heterocycles. The fraction of sp³-hybridized carbons (Fsp3) is 0.579. The van der Waals surface area contributed by atoms with Crippen LogP contribution in [0.1, 0.15) is 45.6 Å². The molecule has 0 fully saturated rings. The van der Waals surface area contributed by atoms with Crippen LogP contribution in [0.4, 0.5) is 0 Å². The molecule has 0 spiro atoms. The number of rotatable bonds is 11. The summed E-state index contributed by atoms with van der Waals surface area (Å²) in [5, 5.41) is 2.89. The van der Waals surface area contributed by atoms with Crippen LogP contribution in [-0.4, -0.2) is 42.5 Å². The number of hydrogen-bond donors (Lipinski definition) is 1. The van der Waals surface area contributed by atoms with Gasteiger partial charge in [-0.25, -0.2) is 0 Å². The first-order chi connectivity index (χ1) is 11.6. The largest absolute Gasteiger partial charge is 0.382 e. The van der Waals surface area contributed by atoms with Crippen LogP contribution < -0.4 is 5.32 Å². The molecule has 1 aromatic carbocycles. The molecule has 2 amide bonds. The zero-order chi connectivity index (χ0) is 17.8. The first-order valence-corrected chi connectivity index (χ1v) is 8.79. The van der Waals surface area contributed by atoms with Crippen LogP contribution in [-0.2, 0) is 20.9 Å². The molecule has 0 aliphatic carbocycles. The maximum Gasteiger partial charge on any atom is 0.242 e. The van der Waals surface area contributed by atoms with Gasteiger partial charge < -0.3 is 15.0 Å². The molecule has 1 atom stereocenters. The number of carbonyl (C=O) groups is 2. The Morgan fingerprint density at radius 1 is 1.21 bits per heavy atom. The van der Waals surface area contributed by atoms with Gasteiger partial charge in [-0.05, 0) is 32.3 Å². The van der Waals surface area contributed by atoms with Crippen LogP contribution in [0.2, 0.25) is 0 Å². The Balaban J connectivity index is 2.63. The fourth-order valence-corrected chi connectivity index (χ4v) is 2.40. The van der Waals surface area contributed by atoms with Crippen molar-refractivity contribution in [2.45, 2.75) is 52.6 Å². The standard InChI is InChI=1S/C19H30N2O3/c1-4-10-18(22)21(15-17-11-7-6-8-12-17)16(3)19(23)20-13-9-14-24-5-2/h6-8,11-12,16H,4-5,9-10,13-15H2,1-3H3,(H,20,23)/t16-/m1/s1. The van der Waals surface area contributed by atoms with E-state index >= 15 is 0 Å². The lowest BCUT2D eigenvalue weighted by Crippen LogP contribution is -2.47. The molecule has 5 nitrogen and oxygen atoms in total. The van der Waals surface area contributed by atoms with Crippen LogP contribution in [0.15, 0.2) is 30.3 Å². The highest BCUT2D eigenvalue weighted by Gasteiger charge is 2.25. The second-order valence-electron chi connectivity index (χ2n) is 5.77. The lowest BCUT2D eigenvalue weighted by Gasteiger charge is -2.28. The van der Waals surface area contributed by atoms with E-state index in [4.69, 9.17) is 4.74 Å². The molecule has 0 saturated carbocycles. The molecule has 0 aliphatic rings. The molecule has 0 unspecified atom stereocenters. The Labute approximate surface area is 145 Å². The van der Waals surface area contributed by atoms with Gasteiger partial charge in [0.25, 0.3) is 0 Å². The van der Waals surface area contributed by atoms with Crippen LogP contribution >= 0.6 is 0 Å². The Kier molecular flexibility index (Phi) is 9.77. The predicted octanol–water partition coefficient (Wildman–Crippen LogP) is 2.75. The van der Waals surface area contributed by atoms with Crippen molar-refractivity contribution < 1.29 is 14.3 Å². The molecule has 0 radical (unpaired) electrons. The summed E-state index contributed by atoms with van der Waals surface area (Å²) in [6.07, 6.45) is 2.00. The molecule has 134 valence electrons. The van der Waals surface area contributed by atoms with Crippen molar-refractivity contribution in [3.63, 3.8) is 0 Å². The molecule has 1 aromatic rings. The first kappa shape index (κ1) is 20.2. The number of amides is 2. The summed E-state index contributed by atoms with van der Waals surface area (Å²) >= 11 is 0. The summed E-state index contributed by atoms with van der Waals surface area (Å²) in [7, 11) is 0. The molecule has 5 heteroatoms. The van der Waals surface area contributed by atoms with Crippen molar-refractivity contribution in [1.82, 2.24) is 10.2 Å². The molecule has 0 saturated heterocycles. The van der Waals surface area contributed by atoms with Gasteiger partial charge in [0.2, 0.25) is 11.8 Å². The molecule has 1 rings (SSSR count). The van der Waals surface area contributed by atoms with E-state index in [2.05, 4.69) is 5.32 Å². The Morgan fingerprint density at radius 3 is 2.54 bits per heavy atom. The maximum atomic E-state index is 12.4. The second-order valence-corrected chi connectivity index (χ2v) is 5.77. The summed E-state index contributed by atoms with van der Waals surface area (Å²) in [6, 6.07) is 9.28. The second kappa shape index (κ2) is 11.6. The zero-order valence-corrected chi connectivity index (χ0v) is 15.1. The number of carbonyl (C=O) groups excluding carboxylic acids is 2. The fourth-order valence-electron chi connectivity index (χ4n) is 2.40. The zero-order valence-electron chi connectivity index (χ0n) is 15.1. The Morgan fingerprint density at radius 2 is 1.92 bits per heavy atom. The van der Waals surface area contributed by atoms with Gasteiger partial charge in [-0.15, -0.1) is 0 Å². The minimum absolute atomic E-state index is 0.0123. The van der Waals surface area contributed by atoms with Crippen molar-refractivity contribution in [3.8, 4) is 0 Å². The number of hydrogen-bond acceptors (Lipinski definition) is 3. The van der Waals surface area contributed by atoms with Crippen molar-refractivity contribution in [2.75, 3.05) is 19.8 Å². The molecular weight excluding hydrogens is 304 g/mol. The average molecular weight is 334 g/mol. The van der Waals surface area contributed by atoms with Crippen LogP contribution in [0.3, 0.4) is 0 Å². The van der Waals surface area contributed by atoms with E-state index in [1.165, 1.54) is 0 Å². The van der Waals surface area contributed by atoms with E-state index in [0.717, 1.165) is 18.4 Å². The predicted molar refractivity (Wildman–Crippen MR) is 95.5 cm³/mol. The summed E-state index contributed by atoms with van der Waals surface area (Å²) in [6.45, 7) is 8.03. The topological polar surface area (TPSA) is 58.6 Å². The minimum atomic E-state index is -0.489. The van der Waals surface area contributed by atoms with E-state index in [-0.39, 0.29) is 11.8 Å². The molecular formula is C19H30N2O3. The monoisotopic (exact) mass is 334 g/mol. The van der Waals surface area contributed by atoms with E-state index < -0.39 is 6.04 Å². The van der Waals surface area contributed by atoms with Gasteiger partial charge in [0.05, 0.1) is 0 Å². The Bertz CT molecular complexity index is 491. The minimum Gasteiger partial charge on any atom is -0.382 e. The van der Waals surface area contributed by atoms with Crippen molar-refractivity contribution in [1.29, 1.82) is 0 Å². The van der Waals surface area contributed by atoms with Gasteiger partial charge in [-0.1, -0.05) is 37.3 Å². The van der Waals surface area contributed by atoms with E-state index in [1.807, 2.05) is 44.2 Å². The summed E-state index contributed by atoms with van der Waals surface area (Å²) in [5.74, 6) is -0.106. The van der Waals surface area contributed by atoms with Crippen LogP contribution in [0.25, 0.3) is 0 Å². The highest BCUT2D eigenvalue weighted by Crippen LogP contribution is 2.11. The third-order valence-electron chi connectivity index (χ3n) is 3.80. The summed E-state index contributed by atoms with van der Waals surface area (Å²) < 4.78 is 5.26. The van der Waals surface area contributed by atoms with Gasteiger partial charge in [-0.3, -0.25) is 9.59 Å². The lowest BCUT2D eigenvalue weighted by molar-refractivity contribution is -0.140. The van der Waals surface area contributed by atoms with Crippen molar-refractivity contribution in [2.24, 2.45) is 0 Å². The molecule has 1 N–H and O–H groups in total. The van der Waals surface area contributed by atoms with Gasteiger partial charge in [-0.2, -0.15) is 0 Å². The summed E-state index contributed by atoms with van der Waals surface area (Å²) in [4.78, 5) is 26.5. The van der Waals surface area contributed by atoms with Gasteiger partial charge in [0.15, 0.2) is 0 Å². The SMILES string of the molecule is CCCC(=O)N(Cc1ccccc1)[C@H](C)C(=O)NCCCOCC. The third-order valence-corrected chi connectivity index (χ3v) is 3.80. The highest BCUT2D eigenvalue weighted by atomic mass is 16.5. The molecule has 0 heterocycles. The smallest absolute Gasteiger partial charge is 0.242 e.